The number of nitrogens with one attached hydrogen (secondary N) is 1. The van der Waals surface area contributed by atoms with E-state index in [2.05, 4.69) is 12.2 Å². The van der Waals surface area contributed by atoms with E-state index in [1.165, 1.54) is 64.2 Å². The Labute approximate surface area is 121 Å². The van der Waals surface area contributed by atoms with Crippen LogP contribution < -0.4 is 5.32 Å². The van der Waals surface area contributed by atoms with Gasteiger partial charge in [0.25, 0.3) is 0 Å². The van der Waals surface area contributed by atoms with Crippen LogP contribution in [0, 0.1) is 0 Å². The standard InChI is InChI=1S/C17H37NO/c1-4-6-7-8-9-10-11-12-13-14-15-18-16-17(3,19)5-2/h18-19H,4-16H2,1-3H3. The van der Waals surface area contributed by atoms with Gasteiger partial charge in [0.2, 0.25) is 0 Å². The number of hydrogen-bond acceptors (Lipinski definition) is 2. The van der Waals surface area contributed by atoms with Crippen molar-refractivity contribution in [2.24, 2.45) is 0 Å². The van der Waals surface area contributed by atoms with Crippen LogP contribution in [0.5, 0.6) is 0 Å². The summed E-state index contributed by atoms with van der Waals surface area (Å²) in [5.41, 5.74) is -0.529. The van der Waals surface area contributed by atoms with E-state index >= 15 is 0 Å². The molecule has 0 rings (SSSR count). The van der Waals surface area contributed by atoms with Crippen LogP contribution in [-0.2, 0) is 0 Å². The van der Waals surface area contributed by atoms with Gasteiger partial charge in [0.15, 0.2) is 0 Å². The van der Waals surface area contributed by atoms with Crippen molar-refractivity contribution in [3.05, 3.63) is 0 Å². The molecule has 0 bridgehead atoms. The molecule has 0 saturated carbocycles. The molecule has 0 amide bonds. The highest BCUT2D eigenvalue weighted by atomic mass is 16.3. The Balaban J connectivity index is 3.07. The van der Waals surface area contributed by atoms with E-state index in [0.29, 0.717) is 0 Å². The van der Waals surface area contributed by atoms with Gasteiger partial charge in [-0.3, -0.25) is 0 Å². The number of aliphatic hydroxyl groups is 1. The molecule has 0 aromatic rings. The highest BCUT2D eigenvalue weighted by Crippen LogP contribution is 2.10. The minimum Gasteiger partial charge on any atom is -0.389 e. The normalized spacial score (nSPS) is 14.5. The molecule has 1 atom stereocenters. The predicted octanol–water partition coefficient (Wildman–Crippen LogP) is 4.66. The molecule has 2 heteroatoms. The first-order chi connectivity index (χ1) is 9.12. The summed E-state index contributed by atoms with van der Waals surface area (Å²) in [7, 11) is 0. The lowest BCUT2D eigenvalue weighted by molar-refractivity contribution is 0.0559. The predicted molar refractivity (Wildman–Crippen MR) is 85.6 cm³/mol. The maximum Gasteiger partial charge on any atom is 0.0740 e. The van der Waals surface area contributed by atoms with Crippen LogP contribution in [0.2, 0.25) is 0 Å². The van der Waals surface area contributed by atoms with E-state index in [-0.39, 0.29) is 0 Å². The average molecular weight is 271 g/mol. The lowest BCUT2D eigenvalue weighted by Crippen LogP contribution is -2.37. The molecule has 19 heavy (non-hydrogen) atoms. The molecule has 0 fully saturated rings. The van der Waals surface area contributed by atoms with Crippen LogP contribution in [0.1, 0.15) is 91.4 Å². The molecule has 0 aliphatic carbocycles. The average Bonchev–Trinajstić information content (AvgIpc) is 2.40. The molecule has 0 aromatic carbocycles. The first-order valence-corrected chi connectivity index (χ1v) is 8.55. The van der Waals surface area contributed by atoms with Crippen molar-refractivity contribution in [1.82, 2.24) is 5.32 Å². The van der Waals surface area contributed by atoms with Crippen LogP contribution in [0.15, 0.2) is 0 Å². The van der Waals surface area contributed by atoms with Gasteiger partial charge in [-0.05, 0) is 26.3 Å². The summed E-state index contributed by atoms with van der Waals surface area (Å²) in [4.78, 5) is 0. The Kier molecular flexibility index (Phi) is 12.9. The Morgan fingerprint density at radius 1 is 0.789 bits per heavy atom. The molecule has 0 radical (unpaired) electrons. The lowest BCUT2D eigenvalue weighted by atomic mass is 10.0. The fourth-order valence-corrected chi connectivity index (χ4v) is 2.22. The van der Waals surface area contributed by atoms with Crippen LogP contribution in [0.3, 0.4) is 0 Å². The summed E-state index contributed by atoms with van der Waals surface area (Å²) < 4.78 is 0. The second kappa shape index (κ2) is 12.9. The van der Waals surface area contributed by atoms with Gasteiger partial charge in [-0.15, -0.1) is 0 Å². The highest BCUT2D eigenvalue weighted by molar-refractivity contribution is 4.72. The van der Waals surface area contributed by atoms with E-state index in [0.717, 1.165) is 19.5 Å². The summed E-state index contributed by atoms with van der Waals surface area (Å²) in [5, 5.41) is 13.2. The third-order valence-electron chi connectivity index (χ3n) is 3.97. The zero-order chi connectivity index (χ0) is 14.4. The first kappa shape index (κ1) is 18.9. The van der Waals surface area contributed by atoms with Crippen molar-refractivity contribution >= 4 is 0 Å². The number of hydrogen-bond donors (Lipinski definition) is 2. The van der Waals surface area contributed by atoms with Crippen molar-refractivity contribution < 1.29 is 5.11 Å². The summed E-state index contributed by atoms with van der Waals surface area (Å²) in [6.07, 6.45) is 14.6. The second-order valence-corrected chi connectivity index (χ2v) is 6.21. The van der Waals surface area contributed by atoms with Crippen LogP contribution in [0.4, 0.5) is 0 Å². The third-order valence-corrected chi connectivity index (χ3v) is 3.97. The van der Waals surface area contributed by atoms with Crippen LogP contribution in [-0.4, -0.2) is 23.8 Å². The second-order valence-electron chi connectivity index (χ2n) is 6.21. The highest BCUT2D eigenvalue weighted by Gasteiger charge is 2.15. The van der Waals surface area contributed by atoms with Gasteiger partial charge < -0.3 is 10.4 Å². The van der Waals surface area contributed by atoms with Gasteiger partial charge >= 0.3 is 0 Å². The molecular weight excluding hydrogens is 234 g/mol. The Morgan fingerprint density at radius 3 is 1.74 bits per heavy atom. The van der Waals surface area contributed by atoms with Gasteiger partial charge in [0.1, 0.15) is 0 Å². The van der Waals surface area contributed by atoms with E-state index in [1.54, 1.807) is 0 Å². The molecule has 1 unspecified atom stereocenters. The maximum absolute atomic E-state index is 9.82. The summed E-state index contributed by atoms with van der Waals surface area (Å²) >= 11 is 0. The van der Waals surface area contributed by atoms with Gasteiger partial charge in [0.05, 0.1) is 5.60 Å². The van der Waals surface area contributed by atoms with Crippen LogP contribution in [0.25, 0.3) is 0 Å². The minimum atomic E-state index is -0.529. The number of rotatable bonds is 14. The molecular formula is C17H37NO. The van der Waals surface area contributed by atoms with Crippen molar-refractivity contribution in [3.63, 3.8) is 0 Å². The topological polar surface area (TPSA) is 32.3 Å². The quantitative estimate of drug-likeness (QED) is 0.450. The van der Waals surface area contributed by atoms with Gasteiger partial charge in [-0.2, -0.15) is 0 Å². The SMILES string of the molecule is CCCCCCCCCCCCNCC(C)(O)CC. The smallest absolute Gasteiger partial charge is 0.0740 e. The van der Waals surface area contributed by atoms with Crippen molar-refractivity contribution in [1.29, 1.82) is 0 Å². The molecule has 0 heterocycles. The van der Waals surface area contributed by atoms with Gasteiger partial charge in [-0.1, -0.05) is 71.6 Å². The van der Waals surface area contributed by atoms with Crippen molar-refractivity contribution in [2.75, 3.05) is 13.1 Å². The lowest BCUT2D eigenvalue weighted by Gasteiger charge is -2.21. The zero-order valence-electron chi connectivity index (χ0n) is 13.6. The maximum atomic E-state index is 9.82. The zero-order valence-corrected chi connectivity index (χ0v) is 13.6. The molecule has 0 aliphatic heterocycles. The fraction of sp³-hybridized carbons (Fsp3) is 1.00. The Hall–Kier alpha value is -0.0800. The molecule has 0 saturated heterocycles. The summed E-state index contributed by atoms with van der Waals surface area (Å²) in [5.74, 6) is 0. The molecule has 0 aliphatic rings. The molecule has 0 aromatic heterocycles. The fourth-order valence-electron chi connectivity index (χ4n) is 2.22. The van der Waals surface area contributed by atoms with Gasteiger partial charge in [0, 0.05) is 6.54 Å². The Bertz CT molecular complexity index is 180. The van der Waals surface area contributed by atoms with E-state index < -0.39 is 5.60 Å². The third kappa shape index (κ3) is 14.1. The number of unbranched alkanes of at least 4 members (excludes halogenated alkanes) is 9. The molecule has 116 valence electrons. The van der Waals surface area contributed by atoms with Crippen molar-refractivity contribution in [2.45, 2.75) is 97.0 Å². The van der Waals surface area contributed by atoms with Crippen molar-refractivity contribution in [3.8, 4) is 0 Å². The van der Waals surface area contributed by atoms with E-state index in [4.69, 9.17) is 0 Å². The first-order valence-electron chi connectivity index (χ1n) is 8.55. The van der Waals surface area contributed by atoms with Crippen LogP contribution >= 0.6 is 0 Å². The summed E-state index contributed by atoms with van der Waals surface area (Å²) in [6.45, 7) is 7.97. The Morgan fingerprint density at radius 2 is 1.26 bits per heavy atom. The minimum absolute atomic E-state index is 0.529. The monoisotopic (exact) mass is 271 g/mol. The van der Waals surface area contributed by atoms with Gasteiger partial charge in [-0.25, -0.2) is 0 Å². The summed E-state index contributed by atoms with van der Waals surface area (Å²) in [6, 6.07) is 0. The molecule has 2 nitrogen and oxygen atoms in total. The molecule has 2 N–H and O–H groups in total. The van der Waals surface area contributed by atoms with E-state index in [9.17, 15) is 5.11 Å². The van der Waals surface area contributed by atoms with E-state index in [1.807, 2.05) is 13.8 Å². The molecule has 0 spiro atoms. The largest absolute Gasteiger partial charge is 0.389 e.